The smallest absolute Gasteiger partial charge is 0.0947 e. The summed E-state index contributed by atoms with van der Waals surface area (Å²) in [6.07, 6.45) is 5.39. The first kappa shape index (κ1) is 10.3. The van der Waals surface area contributed by atoms with Crippen molar-refractivity contribution in [3.8, 4) is 0 Å². The Kier molecular flexibility index (Phi) is 4.57. The minimum atomic E-state index is 0.291. The average molecular weight is 183 g/mol. The van der Waals surface area contributed by atoms with Gasteiger partial charge in [-0.15, -0.1) is 0 Å². The normalized spacial score (nSPS) is 11.0. The molecule has 0 fully saturated rings. The van der Waals surface area contributed by atoms with Crippen molar-refractivity contribution in [1.82, 2.24) is 4.90 Å². The first-order valence-corrected chi connectivity index (χ1v) is 4.63. The van der Waals surface area contributed by atoms with Crippen molar-refractivity contribution in [3.63, 3.8) is 0 Å². The molecule has 0 aliphatic heterocycles. The number of furan rings is 1. The molecule has 3 nitrogen and oxygen atoms in total. The summed E-state index contributed by atoms with van der Waals surface area (Å²) >= 11 is 0. The fourth-order valence-corrected chi connectivity index (χ4v) is 1.27. The number of hydrogen-bond donors (Lipinski definition) is 1. The van der Waals surface area contributed by atoms with E-state index < -0.39 is 0 Å². The summed E-state index contributed by atoms with van der Waals surface area (Å²) in [7, 11) is 2.07. The number of aliphatic hydroxyl groups is 1. The molecule has 1 aromatic heterocycles. The van der Waals surface area contributed by atoms with Crippen LogP contribution < -0.4 is 0 Å². The number of hydrogen-bond acceptors (Lipinski definition) is 3. The van der Waals surface area contributed by atoms with Crippen LogP contribution in [0.1, 0.15) is 18.4 Å². The number of unbranched alkanes of at least 4 members (excludes halogenated alkanes) is 1. The number of nitrogens with zero attached hydrogens (tertiary/aromatic N) is 1. The van der Waals surface area contributed by atoms with Crippen LogP contribution in [-0.4, -0.2) is 30.2 Å². The van der Waals surface area contributed by atoms with Gasteiger partial charge in [0.2, 0.25) is 0 Å². The average Bonchev–Trinajstić information content (AvgIpc) is 2.57. The van der Waals surface area contributed by atoms with Gasteiger partial charge in [0.1, 0.15) is 0 Å². The second kappa shape index (κ2) is 5.78. The van der Waals surface area contributed by atoms with Crippen LogP contribution in [0.2, 0.25) is 0 Å². The van der Waals surface area contributed by atoms with E-state index in [1.54, 1.807) is 12.5 Å². The molecule has 0 amide bonds. The van der Waals surface area contributed by atoms with Gasteiger partial charge < -0.3 is 14.4 Å². The van der Waals surface area contributed by atoms with Crippen LogP contribution in [0, 0.1) is 0 Å². The molecule has 0 aliphatic carbocycles. The highest BCUT2D eigenvalue weighted by atomic mass is 16.3. The van der Waals surface area contributed by atoms with Crippen molar-refractivity contribution in [2.75, 3.05) is 20.2 Å². The summed E-state index contributed by atoms with van der Waals surface area (Å²) in [6.45, 7) is 2.23. The van der Waals surface area contributed by atoms with Gasteiger partial charge >= 0.3 is 0 Å². The van der Waals surface area contributed by atoms with Gasteiger partial charge in [-0.3, -0.25) is 0 Å². The first-order valence-electron chi connectivity index (χ1n) is 4.63. The van der Waals surface area contributed by atoms with E-state index in [1.165, 1.54) is 5.56 Å². The topological polar surface area (TPSA) is 36.6 Å². The molecule has 0 radical (unpaired) electrons. The molecule has 0 aromatic carbocycles. The molecule has 3 heteroatoms. The molecule has 0 aliphatic rings. The van der Waals surface area contributed by atoms with E-state index in [2.05, 4.69) is 11.9 Å². The molecule has 0 bridgehead atoms. The SMILES string of the molecule is CN(CCCCO)Cc1ccoc1. The Morgan fingerprint density at radius 1 is 1.46 bits per heavy atom. The van der Waals surface area contributed by atoms with Crippen molar-refractivity contribution in [2.24, 2.45) is 0 Å². The second-order valence-electron chi connectivity index (χ2n) is 3.30. The Balaban J connectivity index is 2.14. The van der Waals surface area contributed by atoms with Crippen LogP contribution >= 0.6 is 0 Å². The Hall–Kier alpha value is -0.800. The highest BCUT2D eigenvalue weighted by Crippen LogP contribution is 2.04. The third-order valence-electron chi connectivity index (χ3n) is 1.98. The van der Waals surface area contributed by atoms with E-state index in [0.717, 1.165) is 25.9 Å². The molecule has 0 saturated carbocycles. The first-order chi connectivity index (χ1) is 6.33. The Labute approximate surface area is 79.0 Å². The Morgan fingerprint density at radius 3 is 2.92 bits per heavy atom. The maximum atomic E-state index is 8.60. The van der Waals surface area contributed by atoms with E-state index >= 15 is 0 Å². The quantitative estimate of drug-likeness (QED) is 0.679. The van der Waals surface area contributed by atoms with Crippen molar-refractivity contribution < 1.29 is 9.52 Å². The van der Waals surface area contributed by atoms with Gasteiger partial charge in [-0.25, -0.2) is 0 Å². The number of rotatable bonds is 6. The monoisotopic (exact) mass is 183 g/mol. The van der Waals surface area contributed by atoms with Crippen LogP contribution in [0.3, 0.4) is 0 Å². The molecule has 1 rings (SSSR count). The summed E-state index contributed by atoms with van der Waals surface area (Å²) < 4.78 is 4.97. The van der Waals surface area contributed by atoms with Crippen molar-refractivity contribution in [3.05, 3.63) is 24.2 Å². The highest BCUT2D eigenvalue weighted by Gasteiger charge is 2.00. The van der Waals surface area contributed by atoms with Gasteiger partial charge in [-0.1, -0.05) is 0 Å². The lowest BCUT2D eigenvalue weighted by atomic mass is 10.3. The van der Waals surface area contributed by atoms with Crippen LogP contribution in [0.4, 0.5) is 0 Å². The van der Waals surface area contributed by atoms with Crippen LogP contribution in [0.5, 0.6) is 0 Å². The molecular formula is C10H17NO2. The lowest BCUT2D eigenvalue weighted by molar-refractivity contribution is 0.261. The van der Waals surface area contributed by atoms with E-state index in [0.29, 0.717) is 6.61 Å². The molecule has 1 aromatic rings. The van der Waals surface area contributed by atoms with Gasteiger partial charge in [-0.05, 0) is 32.5 Å². The molecule has 0 spiro atoms. The van der Waals surface area contributed by atoms with Crippen LogP contribution in [-0.2, 0) is 6.54 Å². The fourth-order valence-electron chi connectivity index (χ4n) is 1.27. The maximum absolute atomic E-state index is 8.60. The van der Waals surface area contributed by atoms with Gasteiger partial charge in [0.05, 0.1) is 12.5 Å². The Morgan fingerprint density at radius 2 is 2.31 bits per heavy atom. The second-order valence-corrected chi connectivity index (χ2v) is 3.30. The predicted octanol–water partition coefficient (Wildman–Crippen LogP) is 1.48. The predicted molar refractivity (Wildman–Crippen MR) is 51.4 cm³/mol. The van der Waals surface area contributed by atoms with Crippen LogP contribution in [0.25, 0.3) is 0 Å². The van der Waals surface area contributed by atoms with Gasteiger partial charge in [0, 0.05) is 18.7 Å². The zero-order valence-corrected chi connectivity index (χ0v) is 8.07. The molecule has 74 valence electrons. The zero-order chi connectivity index (χ0) is 9.52. The molecule has 0 unspecified atom stereocenters. The lowest BCUT2D eigenvalue weighted by Gasteiger charge is -2.14. The molecular weight excluding hydrogens is 166 g/mol. The summed E-state index contributed by atoms with van der Waals surface area (Å²) in [5.41, 5.74) is 1.20. The maximum Gasteiger partial charge on any atom is 0.0947 e. The lowest BCUT2D eigenvalue weighted by Crippen LogP contribution is -2.18. The Bertz CT molecular complexity index is 209. The molecule has 1 heterocycles. The summed E-state index contributed by atoms with van der Waals surface area (Å²) in [5, 5.41) is 8.60. The van der Waals surface area contributed by atoms with E-state index in [-0.39, 0.29) is 0 Å². The van der Waals surface area contributed by atoms with Crippen molar-refractivity contribution in [1.29, 1.82) is 0 Å². The van der Waals surface area contributed by atoms with Crippen molar-refractivity contribution in [2.45, 2.75) is 19.4 Å². The highest BCUT2D eigenvalue weighted by molar-refractivity contribution is 5.04. The minimum Gasteiger partial charge on any atom is -0.472 e. The fraction of sp³-hybridized carbons (Fsp3) is 0.600. The third-order valence-corrected chi connectivity index (χ3v) is 1.98. The summed E-state index contributed by atoms with van der Waals surface area (Å²) in [6, 6.07) is 1.97. The van der Waals surface area contributed by atoms with Gasteiger partial charge in [0.25, 0.3) is 0 Å². The minimum absolute atomic E-state index is 0.291. The van der Waals surface area contributed by atoms with E-state index in [4.69, 9.17) is 9.52 Å². The largest absolute Gasteiger partial charge is 0.472 e. The van der Waals surface area contributed by atoms with Gasteiger partial charge in [0.15, 0.2) is 0 Å². The van der Waals surface area contributed by atoms with Crippen molar-refractivity contribution >= 4 is 0 Å². The van der Waals surface area contributed by atoms with Crippen LogP contribution in [0.15, 0.2) is 23.0 Å². The molecule has 0 atom stereocenters. The molecule has 13 heavy (non-hydrogen) atoms. The standard InChI is InChI=1S/C10H17NO2/c1-11(5-2-3-6-12)8-10-4-7-13-9-10/h4,7,9,12H,2-3,5-6,8H2,1H3. The number of aliphatic hydroxyl groups excluding tert-OH is 1. The zero-order valence-electron chi connectivity index (χ0n) is 8.07. The summed E-state index contributed by atoms with van der Waals surface area (Å²) in [4.78, 5) is 2.22. The van der Waals surface area contributed by atoms with E-state index in [1.807, 2.05) is 6.07 Å². The van der Waals surface area contributed by atoms with E-state index in [9.17, 15) is 0 Å². The third kappa shape index (κ3) is 4.10. The molecule has 1 N–H and O–H groups in total. The van der Waals surface area contributed by atoms with Gasteiger partial charge in [-0.2, -0.15) is 0 Å². The summed E-state index contributed by atoms with van der Waals surface area (Å²) in [5.74, 6) is 0. The molecule has 0 saturated heterocycles.